The number of rotatable bonds is 2. The van der Waals surface area contributed by atoms with Gasteiger partial charge in [-0.05, 0) is 13.0 Å². The Morgan fingerprint density at radius 3 is 2.64 bits per heavy atom. The molecule has 0 radical (unpaired) electrons. The Kier molecular flexibility index (Phi) is 3.06. The molecule has 0 aromatic carbocycles. The molecule has 1 aromatic heterocycles. The van der Waals surface area contributed by atoms with Gasteiger partial charge in [0.15, 0.2) is 0 Å². The van der Waals surface area contributed by atoms with E-state index < -0.39 is 0 Å². The summed E-state index contributed by atoms with van der Waals surface area (Å²) in [6.07, 6.45) is 5.21. The molecule has 4 heteroatoms. The van der Waals surface area contributed by atoms with Gasteiger partial charge in [0.2, 0.25) is 5.91 Å². The van der Waals surface area contributed by atoms with Crippen molar-refractivity contribution in [3.63, 3.8) is 0 Å². The first-order chi connectivity index (χ1) is 6.50. The molecule has 0 bridgehead atoms. The molecule has 76 valence electrons. The van der Waals surface area contributed by atoms with E-state index in [2.05, 4.69) is 5.10 Å². The SMILES string of the molecule is Cc1nn(C)cc1C=CC(=O)N(C)C. The van der Waals surface area contributed by atoms with E-state index in [4.69, 9.17) is 0 Å². The minimum absolute atomic E-state index is 0.0201. The third-order valence-electron chi connectivity index (χ3n) is 1.90. The smallest absolute Gasteiger partial charge is 0.246 e. The van der Waals surface area contributed by atoms with Gasteiger partial charge in [-0.3, -0.25) is 9.48 Å². The fourth-order valence-electron chi connectivity index (χ4n) is 1.09. The Morgan fingerprint density at radius 1 is 1.57 bits per heavy atom. The minimum atomic E-state index is -0.0201. The van der Waals surface area contributed by atoms with E-state index in [9.17, 15) is 4.79 Å². The van der Waals surface area contributed by atoms with E-state index in [0.29, 0.717) is 0 Å². The van der Waals surface area contributed by atoms with Crippen molar-refractivity contribution in [3.05, 3.63) is 23.5 Å². The van der Waals surface area contributed by atoms with E-state index in [0.717, 1.165) is 11.3 Å². The number of carbonyl (C=O) groups excluding carboxylic acids is 1. The van der Waals surface area contributed by atoms with Crippen molar-refractivity contribution in [2.45, 2.75) is 6.92 Å². The molecule has 0 atom stereocenters. The van der Waals surface area contributed by atoms with Crippen LogP contribution in [0.4, 0.5) is 0 Å². The first kappa shape index (κ1) is 10.5. The second-order valence-electron chi connectivity index (χ2n) is 3.41. The molecule has 4 nitrogen and oxygen atoms in total. The van der Waals surface area contributed by atoms with Crippen molar-refractivity contribution < 1.29 is 4.79 Å². The highest BCUT2D eigenvalue weighted by Gasteiger charge is 2.01. The van der Waals surface area contributed by atoms with Crippen LogP contribution in [0.5, 0.6) is 0 Å². The summed E-state index contributed by atoms with van der Waals surface area (Å²) in [5.41, 5.74) is 1.90. The Hall–Kier alpha value is -1.58. The van der Waals surface area contributed by atoms with Crippen molar-refractivity contribution in [2.75, 3.05) is 14.1 Å². The lowest BCUT2D eigenvalue weighted by atomic mass is 10.2. The Bertz CT molecular complexity index is 363. The molecule has 1 amide bonds. The molecule has 0 aliphatic heterocycles. The maximum Gasteiger partial charge on any atom is 0.246 e. The van der Waals surface area contributed by atoms with E-state index >= 15 is 0 Å². The van der Waals surface area contributed by atoms with Gasteiger partial charge in [-0.2, -0.15) is 5.10 Å². The van der Waals surface area contributed by atoms with Crippen molar-refractivity contribution in [1.29, 1.82) is 0 Å². The molecule has 1 rings (SSSR count). The second kappa shape index (κ2) is 4.09. The van der Waals surface area contributed by atoms with Crippen LogP contribution in [0.2, 0.25) is 0 Å². The molecule has 0 aliphatic carbocycles. The normalized spacial score (nSPS) is 10.9. The summed E-state index contributed by atoms with van der Waals surface area (Å²) in [5.74, 6) is -0.0201. The number of carbonyl (C=O) groups is 1. The van der Waals surface area contributed by atoms with Crippen molar-refractivity contribution >= 4 is 12.0 Å². The average molecular weight is 193 g/mol. The third kappa shape index (κ3) is 2.45. The summed E-state index contributed by atoms with van der Waals surface area (Å²) in [5, 5.41) is 4.17. The number of hydrogen-bond donors (Lipinski definition) is 0. The quantitative estimate of drug-likeness (QED) is 0.652. The molecular formula is C10H15N3O. The fraction of sp³-hybridized carbons (Fsp3) is 0.400. The topological polar surface area (TPSA) is 38.1 Å². The molecule has 1 heterocycles. The van der Waals surface area contributed by atoms with Gasteiger partial charge in [0, 0.05) is 39.0 Å². The maximum atomic E-state index is 11.2. The van der Waals surface area contributed by atoms with Crippen LogP contribution < -0.4 is 0 Å². The lowest BCUT2D eigenvalue weighted by Gasteiger charge is -2.04. The second-order valence-corrected chi connectivity index (χ2v) is 3.41. The van der Waals surface area contributed by atoms with E-state index in [-0.39, 0.29) is 5.91 Å². The molecule has 0 unspecified atom stereocenters. The highest BCUT2D eigenvalue weighted by atomic mass is 16.2. The van der Waals surface area contributed by atoms with Crippen LogP contribution in [-0.4, -0.2) is 34.7 Å². The predicted octanol–water partition coefficient (Wildman–Crippen LogP) is 0.830. The lowest BCUT2D eigenvalue weighted by molar-refractivity contribution is -0.123. The standard InChI is InChI=1S/C10H15N3O/c1-8-9(7-13(4)11-8)5-6-10(14)12(2)3/h5-7H,1-4H3. The largest absolute Gasteiger partial charge is 0.345 e. The Morgan fingerprint density at radius 2 is 2.21 bits per heavy atom. The van der Waals surface area contributed by atoms with E-state index in [1.807, 2.05) is 20.2 Å². The summed E-state index contributed by atoms with van der Waals surface area (Å²) >= 11 is 0. The average Bonchev–Trinajstić information content (AvgIpc) is 2.40. The summed E-state index contributed by atoms with van der Waals surface area (Å²) in [4.78, 5) is 12.8. The summed E-state index contributed by atoms with van der Waals surface area (Å²) in [7, 11) is 5.31. The maximum absolute atomic E-state index is 11.2. The van der Waals surface area contributed by atoms with E-state index in [1.54, 1.807) is 30.9 Å². The number of amides is 1. The zero-order valence-corrected chi connectivity index (χ0v) is 8.98. The Balaban J connectivity index is 2.78. The molecule has 0 aliphatic rings. The van der Waals surface area contributed by atoms with Gasteiger partial charge in [-0.15, -0.1) is 0 Å². The van der Waals surface area contributed by atoms with Crippen molar-refractivity contribution in [2.24, 2.45) is 7.05 Å². The van der Waals surface area contributed by atoms with Crippen LogP contribution in [0.3, 0.4) is 0 Å². The van der Waals surface area contributed by atoms with Crippen molar-refractivity contribution in [3.8, 4) is 0 Å². The van der Waals surface area contributed by atoms with Crippen LogP contribution in [0, 0.1) is 6.92 Å². The predicted molar refractivity (Wildman–Crippen MR) is 55.7 cm³/mol. The van der Waals surface area contributed by atoms with Gasteiger partial charge in [-0.1, -0.05) is 0 Å². The summed E-state index contributed by atoms with van der Waals surface area (Å²) < 4.78 is 1.73. The lowest BCUT2D eigenvalue weighted by Crippen LogP contribution is -2.18. The van der Waals surface area contributed by atoms with Gasteiger partial charge in [0.1, 0.15) is 0 Å². The first-order valence-electron chi connectivity index (χ1n) is 4.40. The molecule has 0 N–H and O–H groups in total. The zero-order chi connectivity index (χ0) is 10.7. The van der Waals surface area contributed by atoms with Gasteiger partial charge in [-0.25, -0.2) is 0 Å². The molecule has 0 saturated heterocycles. The van der Waals surface area contributed by atoms with Crippen LogP contribution in [0.25, 0.3) is 6.08 Å². The van der Waals surface area contributed by atoms with Gasteiger partial charge < -0.3 is 4.90 Å². The van der Waals surface area contributed by atoms with Crippen LogP contribution in [0.1, 0.15) is 11.3 Å². The van der Waals surface area contributed by atoms with E-state index in [1.165, 1.54) is 4.90 Å². The number of aromatic nitrogens is 2. The molecule has 14 heavy (non-hydrogen) atoms. The zero-order valence-electron chi connectivity index (χ0n) is 8.98. The van der Waals surface area contributed by atoms with Crippen LogP contribution >= 0.6 is 0 Å². The molecule has 0 fully saturated rings. The molecule has 1 aromatic rings. The monoisotopic (exact) mass is 193 g/mol. The molecule has 0 spiro atoms. The molecular weight excluding hydrogens is 178 g/mol. The Labute approximate surface area is 83.8 Å². The highest BCUT2D eigenvalue weighted by Crippen LogP contribution is 2.06. The summed E-state index contributed by atoms with van der Waals surface area (Å²) in [6.45, 7) is 1.92. The van der Waals surface area contributed by atoms with Crippen LogP contribution in [0.15, 0.2) is 12.3 Å². The number of hydrogen-bond acceptors (Lipinski definition) is 2. The fourth-order valence-corrected chi connectivity index (χ4v) is 1.09. The van der Waals surface area contributed by atoms with Gasteiger partial charge >= 0.3 is 0 Å². The highest BCUT2D eigenvalue weighted by molar-refractivity contribution is 5.91. The summed E-state index contributed by atoms with van der Waals surface area (Å²) in [6, 6.07) is 0. The number of likely N-dealkylation sites (N-methyl/N-ethyl adjacent to an activating group) is 1. The van der Waals surface area contributed by atoms with Gasteiger partial charge in [0.25, 0.3) is 0 Å². The third-order valence-corrected chi connectivity index (χ3v) is 1.90. The van der Waals surface area contributed by atoms with Crippen molar-refractivity contribution in [1.82, 2.24) is 14.7 Å². The number of nitrogens with zero attached hydrogens (tertiary/aromatic N) is 3. The van der Waals surface area contributed by atoms with Gasteiger partial charge in [0.05, 0.1) is 5.69 Å². The number of aryl methyl sites for hydroxylation is 2. The molecule has 0 saturated carbocycles. The van der Waals surface area contributed by atoms with Crippen LogP contribution in [-0.2, 0) is 11.8 Å². The first-order valence-corrected chi connectivity index (χ1v) is 4.40. The minimum Gasteiger partial charge on any atom is -0.345 e.